The second-order valence-corrected chi connectivity index (χ2v) is 7.72. The molecule has 0 saturated carbocycles. The molecule has 9 heteroatoms. The van der Waals surface area contributed by atoms with Crippen LogP contribution < -0.4 is 16.0 Å². The predicted octanol–water partition coefficient (Wildman–Crippen LogP) is 1.80. The first-order valence-electron chi connectivity index (χ1n) is 10.3. The van der Waals surface area contributed by atoms with E-state index in [0.717, 1.165) is 35.5 Å². The summed E-state index contributed by atoms with van der Waals surface area (Å²) in [6, 6.07) is 7.11. The van der Waals surface area contributed by atoms with Gasteiger partial charge in [0.05, 0.1) is 0 Å². The molecule has 0 fully saturated rings. The summed E-state index contributed by atoms with van der Waals surface area (Å²) in [4.78, 5) is 50.4. The van der Waals surface area contributed by atoms with E-state index >= 15 is 0 Å². The molecule has 168 valence electrons. The molecule has 4 N–H and O–H groups in total. The minimum atomic E-state index is -0.916. The number of aromatic nitrogens is 1. The number of amides is 3. The molecule has 0 spiro atoms. The predicted molar refractivity (Wildman–Crippen MR) is 116 cm³/mol. The van der Waals surface area contributed by atoms with Gasteiger partial charge >= 0.3 is 12.1 Å². The number of benzene rings is 1. The number of carbonyl (C=O) groups excluding carboxylic acids is 4. The number of para-hydroxylation sites is 1. The number of H-pyrrole nitrogens is 1. The summed E-state index contributed by atoms with van der Waals surface area (Å²) in [5.74, 6) is -1.03. The largest absolute Gasteiger partial charge is 0.414 e. The summed E-state index contributed by atoms with van der Waals surface area (Å²) < 4.78 is 4.34. The van der Waals surface area contributed by atoms with Crippen molar-refractivity contribution >= 4 is 34.8 Å². The molecule has 1 aromatic heterocycles. The number of fused-ring (bicyclic) bond motifs is 1. The number of nitrogens with one attached hydrogen (secondary N) is 4. The highest BCUT2D eigenvalue weighted by Gasteiger charge is 2.24. The summed E-state index contributed by atoms with van der Waals surface area (Å²) in [5.41, 5.74) is 3.04. The number of carbonyl (C=O) groups is 4. The van der Waals surface area contributed by atoms with Crippen LogP contribution in [-0.2, 0) is 32.0 Å². The molecule has 0 saturated heterocycles. The number of rotatable bonds is 9. The van der Waals surface area contributed by atoms with Crippen LogP contribution in [-0.4, -0.2) is 48.5 Å². The molecule has 0 aliphatic heterocycles. The van der Waals surface area contributed by atoms with Crippen molar-refractivity contribution in [3.63, 3.8) is 0 Å². The standard InChI is InChI=1S/C22H30N4O5/c1-13(2)11-18-16(15-7-5-6-8-17(15)25-18)12-19(21(29)23-4)26-20(28)9-10-24-22(30)31-14(3)27/h5-8,13,19,25H,9-12H2,1-4H3,(H,23,29)(H,24,30)(H,26,28)/t19-/m0/s1. The fraction of sp³-hybridized carbons (Fsp3) is 0.455. The van der Waals surface area contributed by atoms with E-state index in [1.54, 1.807) is 0 Å². The number of aromatic amines is 1. The van der Waals surface area contributed by atoms with Gasteiger partial charge in [0.2, 0.25) is 11.8 Å². The zero-order chi connectivity index (χ0) is 23.0. The van der Waals surface area contributed by atoms with Gasteiger partial charge in [0, 0.05) is 50.0 Å². The maximum Gasteiger partial charge on any atom is 0.414 e. The quantitative estimate of drug-likeness (QED) is 0.356. The fourth-order valence-electron chi connectivity index (χ4n) is 3.37. The van der Waals surface area contributed by atoms with E-state index in [2.05, 4.69) is 39.5 Å². The van der Waals surface area contributed by atoms with E-state index in [1.807, 2.05) is 24.3 Å². The molecule has 3 amide bonds. The summed E-state index contributed by atoms with van der Waals surface area (Å²) in [7, 11) is 1.52. The Kier molecular flexibility index (Phi) is 8.60. The molecule has 1 heterocycles. The van der Waals surface area contributed by atoms with Crippen LogP contribution in [0.2, 0.25) is 0 Å². The molecular formula is C22H30N4O5. The highest BCUT2D eigenvalue weighted by Crippen LogP contribution is 2.26. The fourth-order valence-corrected chi connectivity index (χ4v) is 3.37. The van der Waals surface area contributed by atoms with Gasteiger partial charge in [-0.1, -0.05) is 32.0 Å². The van der Waals surface area contributed by atoms with Gasteiger partial charge in [0.1, 0.15) is 6.04 Å². The molecule has 0 radical (unpaired) electrons. The van der Waals surface area contributed by atoms with Gasteiger partial charge in [0.15, 0.2) is 0 Å². The van der Waals surface area contributed by atoms with Gasteiger partial charge in [-0.15, -0.1) is 0 Å². The van der Waals surface area contributed by atoms with Crippen LogP contribution >= 0.6 is 0 Å². The average molecular weight is 431 g/mol. The van der Waals surface area contributed by atoms with Crippen molar-refractivity contribution < 1.29 is 23.9 Å². The third-order valence-electron chi connectivity index (χ3n) is 4.68. The van der Waals surface area contributed by atoms with E-state index < -0.39 is 24.0 Å². The molecule has 9 nitrogen and oxygen atoms in total. The average Bonchev–Trinajstić information content (AvgIpc) is 3.02. The lowest BCUT2D eigenvalue weighted by atomic mass is 9.97. The smallest absolute Gasteiger partial charge is 0.377 e. The maximum atomic E-state index is 12.5. The first-order chi connectivity index (χ1) is 14.7. The normalized spacial score (nSPS) is 11.8. The van der Waals surface area contributed by atoms with Crippen LogP contribution in [0.15, 0.2) is 24.3 Å². The Hall–Kier alpha value is -3.36. The van der Waals surface area contributed by atoms with Gasteiger partial charge in [-0.2, -0.15) is 0 Å². The zero-order valence-corrected chi connectivity index (χ0v) is 18.3. The maximum absolute atomic E-state index is 12.5. The van der Waals surface area contributed by atoms with Crippen LogP contribution in [0, 0.1) is 5.92 Å². The van der Waals surface area contributed by atoms with Gasteiger partial charge in [-0.25, -0.2) is 4.79 Å². The lowest BCUT2D eigenvalue weighted by Gasteiger charge is -2.18. The summed E-state index contributed by atoms with van der Waals surface area (Å²) in [6.07, 6.45) is 0.172. The Morgan fingerprint density at radius 3 is 2.45 bits per heavy atom. The summed E-state index contributed by atoms with van der Waals surface area (Å²) >= 11 is 0. The lowest BCUT2D eigenvalue weighted by molar-refractivity contribution is -0.134. The summed E-state index contributed by atoms with van der Waals surface area (Å²) in [5, 5.41) is 8.67. The van der Waals surface area contributed by atoms with E-state index in [0.29, 0.717) is 12.3 Å². The Morgan fingerprint density at radius 1 is 1.10 bits per heavy atom. The molecule has 31 heavy (non-hydrogen) atoms. The first-order valence-corrected chi connectivity index (χ1v) is 10.3. The van der Waals surface area contributed by atoms with Crippen LogP contribution in [0.3, 0.4) is 0 Å². The minimum absolute atomic E-state index is 0.0237. The monoisotopic (exact) mass is 430 g/mol. The van der Waals surface area contributed by atoms with Crippen molar-refractivity contribution in [2.45, 2.75) is 46.1 Å². The molecule has 1 atom stereocenters. The van der Waals surface area contributed by atoms with E-state index in [-0.39, 0.29) is 18.9 Å². The van der Waals surface area contributed by atoms with Crippen molar-refractivity contribution in [3.05, 3.63) is 35.5 Å². The summed E-state index contributed by atoms with van der Waals surface area (Å²) in [6.45, 7) is 5.33. The van der Waals surface area contributed by atoms with Crippen molar-refractivity contribution in [3.8, 4) is 0 Å². The van der Waals surface area contributed by atoms with Gasteiger partial charge in [0.25, 0.3) is 0 Å². The van der Waals surface area contributed by atoms with Crippen molar-refractivity contribution in [1.29, 1.82) is 0 Å². The van der Waals surface area contributed by atoms with Crippen molar-refractivity contribution in [2.75, 3.05) is 13.6 Å². The van der Waals surface area contributed by atoms with Gasteiger partial charge in [-0.3, -0.25) is 14.4 Å². The highest BCUT2D eigenvalue weighted by molar-refractivity contribution is 5.90. The molecule has 0 unspecified atom stereocenters. The zero-order valence-electron chi connectivity index (χ0n) is 18.3. The number of alkyl carbamates (subject to hydrolysis) is 1. The van der Waals surface area contributed by atoms with Gasteiger partial charge < -0.3 is 25.7 Å². The highest BCUT2D eigenvalue weighted by atomic mass is 16.6. The second kappa shape index (κ2) is 11.1. The molecule has 1 aromatic carbocycles. The molecular weight excluding hydrogens is 400 g/mol. The number of esters is 1. The number of hydrogen-bond acceptors (Lipinski definition) is 5. The van der Waals surface area contributed by atoms with Crippen LogP contribution in [0.4, 0.5) is 4.79 Å². The third kappa shape index (κ3) is 7.13. The van der Waals surface area contributed by atoms with Crippen molar-refractivity contribution in [1.82, 2.24) is 20.9 Å². The van der Waals surface area contributed by atoms with Gasteiger partial charge in [-0.05, 0) is 24.0 Å². The third-order valence-corrected chi connectivity index (χ3v) is 4.68. The first kappa shape index (κ1) is 23.9. The van der Waals surface area contributed by atoms with Crippen LogP contribution in [0.5, 0.6) is 0 Å². The van der Waals surface area contributed by atoms with Crippen LogP contribution in [0.1, 0.15) is 38.4 Å². The Morgan fingerprint density at radius 2 is 1.81 bits per heavy atom. The molecule has 2 rings (SSSR count). The molecule has 0 aliphatic carbocycles. The second-order valence-electron chi connectivity index (χ2n) is 7.72. The number of ether oxygens (including phenoxy) is 1. The van der Waals surface area contributed by atoms with E-state index in [4.69, 9.17) is 0 Å². The van der Waals surface area contributed by atoms with E-state index in [1.165, 1.54) is 7.05 Å². The number of likely N-dealkylation sites (N-methyl/N-ethyl adjacent to an activating group) is 1. The Balaban J connectivity index is 2.11. The Bertz CT molecular complexity index is 951. The molecule has 0 bridgehead atoms. The Labute approximate surface area is 181 Å². The minimum Gasteiger partial charge on any atom is -0.377 e. The number of hydrogen-bond donors (Lipinski definition) is 4. The topological polar surface area (TPSA) is 129 Å². The molecule has 2 aromatic rings. The SMILES string of the molecule is CNC(=O)[C@H](Cc1c(CC(C)C)[nH]c2ccccc12)NC(=O)CCNC(=O)OC(C)=O. The molecule has 0 aliphatic rings. The van der Waals surface area contributed by atoms with Crippen LogP contribution in [0.25, 0.3) is 10.9 Å². The lowest BCUT2D eigenvalue weighted by Crippen LogP contribution is -2.47. The van der Waals surface area contributed by atoms with Crippen molar-refractivity contribution in [2.24, 2.45) is 5.92 Å². The van der Waals surface area contributed by atoms with E-state index in [9.17, 15) is 19.2 Å².